The molecule has 4 N–H and O–H groups in total. The van der Waals surface area contributed by atoms with Gasteiger partial charge in [0.05, 0.1) is 0 Å². The molecule has 0 spiro atoms. The van der Waals surface area contributed by atoms with E-state index in [1.165, 1.54) is 5.43 Å². The lowest BCUT2D eigenvalue weighted by molar-refractivity contribution is -0.137. The Labute approximate surface area is 44.5 Å². The van der Waals surface area contributed by atoms with Crippen molar-refractivity contribution in [2.45, 2.75) is 0 Å². The van der Waals surface area contributed by atoms with Gasteiger partial charge in [0, 0.05) is 0 Å². The lowest BCUT2D eigenvalue weighted by atomic mass is 10.6. The molecule has 0 atom stereocenters. The van der Waals surface area contributed by atoms with Gasteiger partial charge in [-0.2, -0.15) is 5.53 Å². The van der Waals surface area contributed by atoms with Crippen molar-refractivity contribution in [3.63, 3.8) is 0 Å². The van der Waals surface area contributed by atoms with Crippen LogP contribution in [0.1, 0.15) is 0 Å². The van der Waals surface area contributed by atoms with Gasteiger partial charge in [0.2, 0.25) is 0 Å². The van der Waals surface area contributed by atoms with Crippen molar-refractivity contribution >= 4 is 11.8 Å². The van der Waals surface area contributed by atoms with Gasteiger partial charge in [0.1, 0.15) is 0 Å². The van der Waals surface area contributed by atoms with Crippen LogP contribution in [0.3, 0.4) is 0 Å². The first-order valence-electron chi connectivity index (χ1n) is 1.64. The van der Waals surface area contributed by atoms with Gasteiger partial charge in [-0.05, 0) is 0 Å². The van der Waals surface area contributed by atoms with E-state index in [1.807, 2.05) is 0 Å². The number of nitrogens with zero attached hydrogens (tertiary/aromatic N) is 1. The SMILES string of the molecule is N=NNC(=O)C(N)=O. The minimum Gasteiger partial charge on any atom is -0.361 e. The Balaban J connectivity index is 3.65. The van der Waals surface area contributed by atoms with Gasteiger partial charge in [-0.25, -0.2) is 5.43 Å². The van der Waals surface area contributed by atoms with Crippen LogP contribution < -0.4 is 11.2 Å². The van der Waals surface area contributed by atoms with E-state index in [4.69, 9.17) is 5.53 Å². The number of carbonyl (C=O) groups is 2. The van der Waals surface area contributed by atoms with Crippen molar-refractivity contribution in [2.24, 2.45) is 11.0 Å². The smallest absolute Gasteiger partial charge is 0.330 e. The van der Waals surface area contributed by atoms with Crippen LogP contribution in [0, 0.1) is 5.53 Å². The van der Waals surface area contributed by atoms with Crippen LogP contribution in [-0.2, 0) is 9.59 Å². The molecule has 0 aliphatic carbocycles. The van der Waals surface area contributed by atoms with Crippen molar-refractivity contribution in [3.05, 3.63) is 0 Å². The lowest BCUT2D eigenvalue weighted by Crippen LogP contribution is -2.32. The summed E-state index contributed by atoms with van der Waals surface area (Å²) in [6, 6.07) is 0. The summed E-state index contributed by atoms with van der Waals surface area (Å²) in [6.45, 7) is 0. The van der Waals surface area contributed by atoms with Gasteiger partial charge in [-0.15, -0.1) is 0 Å². The Kier molecular flexibility index (Phi) is 2.18. The molecule has 0 heterocycles. The summed E-state index contributed by atoms with van der Waals surface area (Å²) in [6.07, 6.45) is 0. The summed E-state index contributed by atoms with van der Waals surface area (Å²) in [5.41, 5.74) is 12.0. The molecule has 6 nitrogen and oxygen atoms in total. The van der Waals surface area contributed by atoms with Crippen molar-refractivity contribution in [1.82, 2.24) is 5.43 Å². The predicted molar refractivity (Wildman–Crippen MR) is 22.5 cm³/mol. The highest BCUT2D eigenvalue weighted by Gasteiger charge is 2.04. The number of nitrogens with two attached hydrogens (primary N) is 1. The highest BCUT2D eigenvalue weighted by Crippen LogP contribution is 1.59. The molecule has 44 valence electrons. The third-order valence-electron chi connectivity index (χ3n) is 0.381. The standard InChI is InChI=1S/C2H4N4O2/c3-1(7)2(8)5-6-4/h(H2,3,7)(H2,4,5,8). The van der Waals surface area contributed by atoms with Gasteiger partial charge < -0.3 is 5.73 Å². The van der Waals surface area contributed by atoms with Gasteiger partial charge in [-0.3, -0.25) is 9.59 Å². The normalized spacial score (nSPS) is 7.50. The molecule has 0 aromatic rings. The molecule has 0 aromatic heterocycles. The van der Waals surface area contributed by atoms with E-state index in [1.54, 1.807) is 0 Å². The summed E-state index contributed by atoms with van der Waals surface area (Å²) in [7, 11) is 0. The van der Waals surface area contributed by atoms with Gasteiger partial charge in [0.25, 0.3) is 0 Å². The second-order valence-electron chi connectivity index (χ2n) is 0.917. The van der Waals surface area contributed by atoms with Crippen molar-refractivity contribution < 1.29 is 9.59 Å². The number of hydrogen-bond acceptors (Lipinski definition) is 4. The highest BCUT2D eigenvalue weighted by atomic mass is 16.2. The molecular formula is C2H4N4O2. The molecule has 0 aromatic carbocycles. The fraction of sp³-hybridized carbons (Fsp3) is 0. The molecule has 0 radical (unpaired) electrons. The zero-order valence-corrected chi connectivity index (χ0v) is 3.84. The summed E-state index contributed by atoms with van der Waals surface area (Å²) in [5, 5.41) is 2.41. The average molecular weight is 116 g/mol. The minimum atomic E-state index is -1.15. The molecule has 0 aliphatic heterocycles. The molecule has 0 fully saturated rings. The molecular weight excluding hydrogens is 112 g/mol. The first-order chi connectivity index (χ1) is 3.68. The van der Waals surface area contributed by atoms with Crippen LogP contribution in [0.2, 0.25) is 0 Å². The van der Waals surface area contributed by atoms with E-state index in [9.17, 15) is 9.59 Å². The van der Waals surface area contributed by atoms with Crippen molar-refractivity contribution in [1.29, 1.82) is 5.53 Å². The molecule has 0 aliphatic rings. The molecule has 0 rings (SSSR count). The van der Waals surface area contributed by atoms with Gasteiger partial charge in [-0.1, -0.05) is 5.22 Å². The third kappa shape index (κ3) is 1.85. The Morgan fingerprint density at radius 3 is 2.25 bits per heavy atom. The van der Waals surface area contributed by atoms with E-state index in [2.05, 4.69) is 11.0 Å². The zero-order chi connectivity index (χ0) is 6.57. The largest absolute Gasteiger partial charge is 0.361 e. The van der Waals surface area contributed by atoms with Crippen LogP contribution in [0.4, 0.5) is 0 Å². The molecule has 2 amide bonds. The van der Waals surface area contributed by atoms with Crippen LogP contribution in [0.15, 0.2) is 5.22 Å². The second kappa shape index (κ2) is 2.67. The zero-order valence-electron chi connectivity index (χ0n) is 3.84. The summed E-state index contributed by atoms with van der Waals surface area (Å²) in [5.74, 6) is -2.24. The molecule has 8 heavy (non-hydrogen) atoms. The van der Waals surface area contributed by atoms with Crippen molar-refractivity contribution in [2.75, 3.05) is 0 Å². The van der Waals surface area contributed by atoms with Crippen LogP contribution in [0.25, 0.3) is 0 Å². The van der Waals surface area contributed by atoms with E-state index in [0.29, 0.717) is 0 Å². The Hall–Kier alpha value is -1.46. The van der Waals surface area contributed by atoms with Gasteiger partial charge in [0.15, 0.2) is 0 Å². The molecule has 6 heteroatoms. The molecule has 0 bridgehead atoms. The molecule has 0 saturated carbocycles. The molecule has 0 unspecified atom stereocenters. The number of rotatable bonds is 1. The average Bonchev–Trinajstić information content (AvgIpc) is 1.67. The third-order valence-corrected chi connectivity index (χ3v) is 0.381. The fourth-order valence-electron chi connectivity index (χ4n) is 0.106. The van der Waals surface area contributed by atoms with Crippen LogP contribution in [0.5, 0.6) is 0 Å². The van der Waals surface area contributed by atoms with Crippen LogP contribution >= 0.6 is 0 Å². The summed E-state index contributed by atoms with van der Waals surface area (Å²) in [4.78, 5) is 19.7. The predicted octanol–water partition coefficient (Wildman–Crippen LogP) is -1.47. The number of nitrogens with one attached hydrogen (secondary N) is 2. The number of carbonyl (C=O) groups excluding carboxylic acids is 2. The van der Waals surface area contributed by atoms with E-state index < -0.39 is 11.8 Å². The maximum atomic E-state index is 9.94. The Bertz CT molecular complexity index is 130. The topological polar surface area (TPSA) is 108 Å². The summed E-state index contributed by atoms with van der Waals surface area (Å²) >= 11 is 0. The number of primary amides is 1. The first-order valence-corrected chi connectivity index (χ1v) is 1.64. The van der Waals surface area contributed by atoms with E-state index >= 15 is 0 Å². The minimum absolute atomic E-state index is 1.08. The molecule has 0 saturated heterocycles. The first kappa shape index (κ1) is 6.54. The van der Waals surface area contributed by atoms with Crippen molar-refractivity contribution in [3.8, 4) is 0 Å². The monoisotopic (exact) mass is 116 g/mol. The quantitative estimate of drug-likeness (QED) is 0.221. The Morgan fingerprint density at radius 2 is 2.12 bits per heavy atom. The lowest BCUT2D eigenvalue weighted by Gasteiger charge is -1.86. The van der Waals surface area contributed by atoms with E-state index in [0.717, 1.165) is 0 Å². The second-order valence-corrected chi connectivity index (χ2v) is 0.917. The maximum absolute atomic E-state index is 9.94. The highest BCUT2D eigenvalue weighted by molar-refractivity contribution is 6.34. The van der Waals surface area contributed by atoms with Gasteiger partial charge >= 0.3 is 11.8 Å². The van der Waals surface area contributed by atoms with Crippen LogP contribution in [-0.4, -0.2) is 11.8 Å². The van der Waals surface area contributed by atoms with E-state index in [-0.39, 0.29) is 0 Å². The number of hydrogen-bond donors (Lipinski definition) is 3. The Morgan fingerprint density at radius 1 is 1.62 bits per heavy atom. The fourth-order valence-corrected chi connectivity index (χ4v) is 0.106. The summed E-state index contributed by atoms with van der Waals surface area (Å²) < 4.78 is 0. The number of amides is 2. The maximum Gasteiger partial charge on any atom is 0.330 e.